The molecular formula is C13H12N2O4S. The predicted molar refractivity (Wildman–Crippen MR) is 74.6 cm³/mol. The van der Waals surface area contributed by atoms with Crippen LogP contribution in [-0.2, 0) is 10.0 Å². The molecule has 2 aromatic rings. The molecule has 0 aromatic heterocycles. The summed E-state index contributed by atoms with van der Waals surface area (Å²) >= 11 is 0. The lowest BCUT2D eigenvalue weighted by molar-refractivity contribution is 0.0697. The molecule has 0 unspecified atom stereocenters. The van der Waals surface area contributed by atoms with Crippen molar-refractivity contribution in [2.45, 2.75) is 4.90 Å². The third-order valence-electron chi connectivity index (χ3n) is 2.76. The highest BCUT2D eigenvalue weighted by Crippen LogP contribution is 2.31. The van der Waals surface area contributed by atoms with Gasteiger partial charge in [-0.05, 0) is 29.8 Å². The van der Waals surface area contributed by atoms with Crippen molar-refractivity contribution in [2.75, 3.05) is 5.73 Å². The largest absolute Gasteiger partial charge is 0.478 e. The van der Waals surface area contributed by atoms with Crippen LogP contribution in [0.2, 0.25) is 0 Å². The Labute approximate surface area is 115 Å². The van der Waals surface area contributed by atoms with Crippen LogP contribution in [0.1, 0.15) is 10.4 Å². The fraction of sp³-hybridized carbons (Fsp3) is 0. The Bertz CT molecular complexity index is 785. The SMILES string of the molecule is Nc1ccc(S(N)(=O)=O)c(-c2ccccc2C(=O)O)c1. The molecule has 7 heteroatoms. The zero-order valence-corrected chi connectivity index (χ0v) is 11.1. The van der Waals surface area contributed by atoms with Gasteiger partial charge in [-0.3, -0.25) is 0 Å². The minimum Gasteiger partial charge on any atom is -0.478 e. The second-order valence-electron chi connectivity index (χ2n) is 4.15. The number of nitrogen functional groups attached to an aromatic ring is 1. The fourth-order valence-electron chi connectivity index (χ4n) is 1.91. The van der Waals surface area contributed by atoms with Gasteiger partial charge in [0.2, 0.25) is 10.0 Å². The zero-order valence-electron chi connectivity index (χ0n) is 10.3. The van der Waals surface area contributed by atoms with Gasteiger partial charge < -0.3 is 10.8 Å². The molecule has 0 radical (unpaired) electrons. The minimum atomic E-state index is -3.99. The van der Waals surface area contributed by atoms with Gasteiger partial charge in [0.1, 0.15) is 0 Å². The second kappa shape index (κ2) is 4.95. The normalized spacial score (nSPS) is 11.2. The van der Waals surface area contributed by atoms with Crippen LogP contribution >= 0.6 is 0 Å². The van der Waals surface area contributed by atoms with Gasteiger partial charge in [0.25, 0.3) is 0 Å². The van der Waals surface area contributed by atoms with Crippen molar-refractivity contribution >= 4 is 21.7 Å². The summed E-state index contributed by atoms with van der Waals surface area (Å²) in [6.07, 6.45) is 0. The van der Waals surface area contributed by atoms with Gasteiger partial charge in [0.15, 0.2) is 0 Å². The molecule has 0 aliphatic heterocycles. The number of carbonyl (C=O) groups is 1. The number of benzene rings is 2. The van der Waals surface area contributed by atoms with Crippen LogP contribution in [0.25, 0.3) is 11.1 Å². The van der Waals surface area contributed by atoms with Crippen molar-refractivity contribution in [2.24, 2.45) is 5.14 Å². The Kier molecular flexibility index (Phi) is 3.47. The first-order valence-electron chi connectivity index (χ1n) is 5.55. The van der Waals surface area contributed by atoms with Gasteiger partial charge in [-0.2, -0.15) is 0 Å². The smallest absolute Gasteiger partial charge is 0.336 e. The third kappa shape index (κ3) is 2.63. The fourth-order valence-corrected chi connectivity index (χ4v) is 2.64. The quantitative estimate of drug-likeness (QED) is 0.735. The van der Waals surface area contributed by atoms with Crippen LogP contribution in [0.15, 0.2) is 47.4 Å². The van der Waals surface area contributed by atoms with Crippen LogP contribution in [0.5, 0.6) is 0 Å². The maximum atomic E-state index is 11.6. The number of nitrogens with two attached hydrogens (primary N) is 2. The highest BCUT2D eigenvalue weighted by Gasteiger charge is 2.19. The van der Waals surface area contributed by atoms with E-state index < -0.39 is 16.0 Å². The second-order valence-corrected chi connectivity index (χ2v) is 5.68. The number of rotatable bonds is 3. The number of hydrogen-bond acceptors (Lipinski definition) is 4. The van der Waals surface area contributed by atoms with Gasteiger partial charge >= 0.3 is 5.97 Å². The number of aromatic carboxylic acids is 1. The molecule has 0 saturated carbocycles. The number of primary sulfonamides is 1. The number of hydrogen-bond donors (Lipinski definition) is 3. The van der Waals surface area contributed by atoms with Gasteiger partial charge in [-0.1, -0.05) is 18.2 Å². The summed E-state index contributed by atoms with van der Waals surface area (Å²) in [6.45, 7) is 0. The van der Waals surface area contributed by atoms with Crippen LogP contribution in [-0.4, -0.2) is 19.5 Å². The van der Waals surface area contributed by atoms with E-state index in [1.54, 1.807) is 12.1 Å². The maximum absolute atomic E-state index is 11.6. The lowest BCUT2D eigenvalue weighted by atomic mass is 9.99. The molecule has 0 fully saturated rings. The van der Waals surface area contributed by atoms with E-state index in [-0.39, 0.29) is 21.6 Å². The molecule has 20 heavy (non-hydrogen) atoms. The molecule has 0 heterocycles. The maximum Gasteiger partial charge on any atom is 0.336 e. The molecule has 0 bridgehead atoms. The Hall–Kier alpha value is -2.38. The standard InChI is InChI=1S/C13H12N2O4S/c14-8-5-6-12(20(15,18)19)11(7-8)9-3-1-2-4-10(9)13(16)17/h1-7H,14H2,(H,16,17)(H2,15,18,19). The summed E-state index contributed by atoms with van der Waals surface area (Å²) in [6, 6.07) is 10.1. The number of anilines is 1. The molecule has 0 aliphatic rings. The lowest BCUT2D eigenvalue weighted by Crippen LogP contribution is -2.14. The van der Waals surface area contributed by atoms with E-state index >= 15 is 0 Å². The topological polar surface area (TPSA) is 123 Å². The van der Waals surface area contributed by atoms with E-state index in [0.717, 1.165) is 0 Å². The highest BCUT2D eigenvalue weighted by molar-refractivity contribution is 7.89. The molecule has 0 aliphatic carbocycles. The average molecular weight is 292 g/mol. The van der Waals surface area contributed by atoms with Gasteiger partial charge in [0, 0.05) is 11.3 Å². The van der Waals surface area contributed by atoms with Crippen LogP contribution in [0.4, 0.5) is 5.69 Å². The molecule has 2 rings (SSSR count). The van der Waals surface area contributed by atoms with Crippen molar-refractivity contribution in [3.05, 3.63) is 48.0 Å². The van der Waals surface area contributed by atoms with Crippen molar-refractivity contribution < 1.29 is 18.3 Å². The van der Waals surface area contributed by atoms with Crippen molar-refractivity contribution in [3.8, 4) is 11.1 Å². The summed E-state index contributed by atoms with van der Waals surface area (Å²) in [4.78, 5) is 11.1. The zero-order chi connectivity index (χ0) is 14.9. The molecule has 6 nitrogen and oxygen atoms in total. The molecule has 0 spiro atoms. The van der Waals surface area contributed by atoms with Crippen LogP contribution < -0.4 is 10.9 Å². The van der Waals surface area contributed by atoms with E-state index in [0.29, 0.717) is 5.69 Å². The summed E-state index contributed by atoms with van der Waals surface area (Å²) < 4.78 is 23.2. The summed E-state index contributed by atoms with van der Waals surface area (Å²) in [7, 11) is -3.99. The molecular weight excluding hydrogens is 280 g/mol. The Morgan fingerprint density at radius 3 is 2.30 bits per heavy atom. The third-order valence-corrected chi connectivity index (χ3v) is 3.73. The van der Waals surface area contributed by atoms with Gasteiger partial charge in [0.05, 0.1) is 10.5 Å². The highest BCUT2D eigenvalue weighted by atomic mass is 32.2. The van der Waals surface area contributed by atoms with E-state index in [1.165, 1.54) is 30.3 Å². The first kappa shape index (κ1) is 14.0. The number of carboxylic acids is 1. The van der Waals surface area contributed by atoms with E-state index in [4.69, 9.17) is 10.9 Å². The van der Waals surface area contributed by atoms with E-state index in [2.05, 4.69) is 0 Å². The molecule has 0 saturated heterocycles. The number of sulfonamides is 1. The van der Waals surface area contributed by atoms with Crippen LogP contribution in [0, 0.1) is 0 Å². The van der Waals surface area contributed by atoms with Crippen LogP contribution in [0.3, 0.4) is 0 Å². The lowest BCUT2D eigenvalue weighted by Gasteiger charge is -2.11. The van der Waals surface area contributed by atoms with Gasteiger partial charge in [-0.25, -0.2) is 18.4 Å². The monoisotopic (exact) mass is 292 g/mol. The summed E-state index contributed by atoms with van der Waals surface area (Å²) in [5.74, 6) is -1.16. The molecule has 104 valence electrons. The summed E-state index contributed by atoms with van der Waals surface area (Å²) in [5, 5.41) is 14.3. The van der Waals surface area contributed by atoms with Crippen molar-refractivity contribution in [1.82, 2.24) is 0 Å². The van der Waals surface area contributed by atoms with E-state index in [1.807, 2.05) is 0 Å². The molecule has 0 atom stereocenters. The van der Waals surface area contributed by atoms with Crippen molar-refractivity contribution in [3.63, 3.8) is 0 Å². The van der Waals surface area contributed by atoms with Crippen molar-refractivity contribution in [1.29, 1.82) is 0 Å². The Morgan fingerprint density at radius 2 is 1.70 bits per heavy atom. The first-order valence-corrected chi connectivity index (χ1v) is 7.10. The van der Waals surface area contributed by atoms with E-state index in [9.17, 15) is 18.3 Å². The molecule has 2 aromatic carbocycles. The average Bonchev–Trinajstić information content (AvgIpc) is 2.37. The number of carboxylic acid groups (broad SMARTS) is 1. The summed E-state index contributed by atoms with van der Waals surface area (Å²) in [5.41, 5.74) is 6.36. The Morgan fingerprint density at radius 1 is 1.05 bits per heavy atom. The first-order chi connectivity index (χ1) is 9.30. The molecule has 5 N–H and O–H groups in total. The molecule has 0 amide bonds. The predicted octanol–water partition coefficient (Wildman–Crippen LogP) is 1.28. The Balaban J connectivity index is 2.83. The minimum absolute atomic E-state index is 0.0250. The van der Waals surface area contributed by atoms with Gasteiger partial charge in [-0.15, -0.1) is 0 Å².